The van der Waals surface area contributed by atoms with Gasteiger partial charge in [0.05, 0.1) is 6.61 Å². The van der Waals surface area contributed by atoms with Gasteiger partial charge in [0, 0.05) is 24.9 Å². The lowest BCUT2D eigenvalue weighted by molar-refractivity contribution is 0.184. The molecular weight excluding hydrogens is 224 g/mol. The molecule has 1 unspecified atom stereocenters. The average molecular weight is 244 g/mol. The van der Waals surface area contributed by atoms with Gasteiger partial charge in [0.15, 0.2) is 0 Å². The highest BCUT2D eigenvalue weighted by Gasteiger charge is 2.17. The van der Waals surface area contributed by atoms with Crippen LogP contribution < -0.4 is 5.32 Å². The number of nitrogens with one attached hydrogen (secondary N) is 1. The molecule has 4 nitrogen and oxygen atoms in total. The van der Waals surface area contributed by atoms with Gasteiger partial charge in [-0.2, -0.15) is 11.8 Å². The van der Waals surface area contributed by atoms with E-state index in [1.807, 2.05) is 11.8 Å². The summed E-state index contributed by atoms with van der Waals surface area (Å²) in [4.78, 5) is 13.3. The third kappa shape index (κ3) is 4.45. The molecule has 1 heterocycles. The van der Waals surface area contributed by atoms with Crippen molar-refractivity contribution < 1.29 is 9.90 Å². The SMILES string of the molecule is C=CCN(CCO)C(=O)NCC1CCCS1. The van der Waals surface area contributed by atoms with Crippen LogP contribution in [-0.4, -0.2) is 53.3 Å². The van der Waals surface area contributed by atoms with Crippen molar-refractivity contribution in [2.45, 2.75) is 18.1 Å². The second-order valence-corrected chi connectivity index (χ2v) is 5.19. The molecule has 0 aromatic carbocycles. The highest BCUT2D eigenvalue weighted by molar-refractivity contribution is 8.00. The Morgan fingerprint density at radius 3 is 3.06 bits per heavy atom. The molecule has 1 fully saturated rings. The number of aliphatic hydroxyl groups excluding tert-OH is 1. The van der Waals surface area contributed by atoms with E-state index in [4.69, 9.17) is 5.11 Å². The Labute approximate surface area is 101 Å². The fourth-order valence-corrected chi connectivity index (χ4v) is 2.87. The van der Waals surface area contributed by atoms with Gasteiger partial charge >= 0.3 is 6.03 Å². The molecule has 1 rings (SSSR count). The molecular formula is C11H20N2O2S. The fourth-order valence-electron chi connectivity index (χ4n) is 1.67. The van der Waals surface area contributed by atoms with E-state index in [-0.39, 0.29) is 12.6 Å². The van der Waals surface area contributed by atoms with E-state index in [1.165, 1.54) is 18.6 Å². The molecule has 0 saturated carbocycles. The zero-order valence-electron chi connectivity index (χ0n) is 9.52. The smallest absolute Gasteiger partial charge is 0.317 e. The number of carbonyl (C=O) groups excluding carboxylic acids is 1. The predicted molar refractivity (Wildman–Crippen MR) is 67.7 cm³/mol. The lowest BCUT2D eigenvalue weighted by Gasteiger charge is -2.21. The number of nitrogens with zero attached hydrogens (tertiary/aromatic N) is 1. The first kappa shape index (κ1) is 13.4. The second-order valence-electron chi connectivity index (χ2n) is 3.78. The number of thioether (sulfide) groups is 1. The van der Waals surface area contributed by atoms with Gasteiger partial charge in [-0.3, -0.25) is 0 Å². The summed E-state index contributed by atoms with van der Waals surface area (Å²) in [6.07, 6.45) is 4.10. The number of urea groups is 1. The van der Waals surface area contributed by atoms with Crippen molar-refractivity contribution in [2.75, 3.05) is 32.0 Å². The molecule has 0 aromatic rings. The van der Waals surface area contributed by atoms with Crippen LogP contribution in [0.3, 0.4) is 0 Å². The zero-order valence-corrected chi connectivity index (χ0v) is 10.3. The first-order valence-electron chi connectivity index (χ1n) is 5.64. The number of hydrogen-bond donors (Lipinski definition) is 2. The standard InChI is InChI=1S/C11H20N2O2S/c1-2-5-13(6-7-14)11(15)12-9-10-4-3-8-16-10/h2,10,14H,1,3-9H2,(H,12,15). The topological polar surface area (TPSA) is 52.6 Å². The van der Waals surface area contributed by atoms with E-state index < -0.39 is 0 Å². The summed E-state index contributed by atoms with van der Waals surface area (Å²) in [6.45, 7) is 5.14. The summed E-state index contributed by atoms with van der Waals surface area (Å²) in [5.74, 6) is 1.20. The number of aliphatic hydroxyl groups is 1. The van der Waals surface area contributed by atoms with E-state index in [1.54, 1.807) is 11.0 Å². The van der Waals surface area contributed by atoms with Crippen LogP contribution in [0, 0.1) is 0 Å². The van der Waals surface area contributed by atoms with Gasteiger partial charge in [-0.1, -0.05) is 6.08 Å². The van der Waals surface area contributed by atoms with Crippen LogP contribution in [0.15, 0.2) is 12.7 Å². The highest BCUT2D eigenvalue weighted by atomic mass is 32.2. The molecule has 5 heteroatoms. The number of amides is 2. The van der Waals surface area contributed by atoms with Gasteiger partial charge < -0.3 is 15.3 Å². The highest BCUT2D eigenvalue weighted by Crippen LogP contribution is 2.25. The predicted octanol–water partition coefficient (Wildman–Crippen LogP) is 1.07. The van der Waals surface area contributed by atoms with Crippen molar-refractivity contribution in [1.82, 2.24) is 10.2 Å². The van der Waals surface area contributed by atoms with Crippen LogP contribution in [0.1, 0.15) is 12.8 Å². The molecule has 0 bridgehead atoms. The van der Waals surface area contributed by atoms with E-state index in [9.17, 15) is 4.79 Å². The molecule has 16 heavy (non-hydrogen) atoms. The summed E-state index contributed by atoms with van der Waals surface area (Å²) in [5.41, 5.74) is 0. The Morgan fingerprint density at radius 1 is 1.69 bits per heavy atom. The Morgan fingerprint density at radius 2 is 2.50 bits per heavy atom. The minimum absolute atomic E-state index is 0.0144. The molecule has 0 aromatic heterocycles. The van der Waals surface area contributed by atoms with Crippen LogP contribution in [-0.2, 0) is 0 Å². The second kappa shape index (κ2) is 7.57. The summed E-state index contributed by atoms with van der Waals surface area (Å²) < 4.78 is 0. The minimum Gasteiger partial charge on any atom is -0.395 e. The Hall–Kier alpha value is -0.680. The largest absolute Gasteiger partial charge is 0.395 e. The monoisotopic (exact) mass is 244 g/mol. The Balaban J connectivity index is 2.26. The van der Waals surface area contributed by atoms with Gasteiger partial charge in [-0.05, 0) is 18.6 Å². The quantitative estimate of drug-likeness (QED) is 0.687. The average Bonchev–Trinajstić information content (AvgIpc) is 2.78. The van der Waals surface area contributed by atoms with Crippen molar-refractivity contribution in [1.29, 1.82) is 0 Å². The van der Waals surface area contributed by atoms with Crippen LogP contribution in [0.4, 0.5) is 4.79 Å². The van der Waals surface area contributed by atoms with Crippen molar-refractivity contribution in [3.8, 4) is 0 Å². The van der Waals surface area contributed by atoms with Gasteiger partial charge in [0.25, 0.3) is 0 Å². The lowest BCUT2D eigenvalue weighted by Crippen LogP contribution is -2.43. The van der Waals surface area contributed by atoms with Crippen LogP contribution in [0.5, 0.6) is 0 Å². The van der Waals surface area contributed by atoms with Gasteiger partial charge in [-0.25, -0.2) is 4.79 Å². The van der Waals surface area contributed by atoms with Crippen molar-refractivity contribution in [3.63, 3.8) is 0 Å². The summed E-state index contributed by atoms with van der Waals surface area (Å²) in [5, 5.41) is 12.3. The molecule has 1 aliphatic rings. The maximum atomic E-state index is 11.7. The maximum Gasteiger partial charge on any atom is 0.317 e. The van der Waals surface area contributed by atoms with Gasteiger partial charge in [0.1, 0.15) is 0 Å². The molecule has 0 aliphatic carbocycles. The number of carbonyl (C=O) groups is 1. The normalized spacial score (nSPS) is 19.4. The van der Waals surface area contributed by atoms with Crippen LogP contribution in [0.25, 0.3) is 0 Å². The molecule has 1 saturated heterocycles. The minimum atomic E-state index is -0.110. The van der Waals surface area contributed by atoms with Crippen molar-refractivity contribution >= 4 is 17.8 Å². The fraction of sp³-hybridized carbons (Fsp3) is 0.727. The maximum absolute atomic E-state index is 11.7. The van der Waals surface area contributed by atoms with Gasteiger partial charge in [0.2, 0.25) is 0 Å². The summed E-state index contributed by atoms with van der Waals surface area (Å²) >= 11 is 1.92. The third-order valence-electron chi connectivity index (χ3n) is 2.51. The van der Waals surface area contributed by atoms with E-state index >= 15 is 0 Å². The number of rotatable bonds is 6. The Kier molecular flexibility index (Phi) is 6.33. The first-order chi connectivity index (χ1) is 7.77. The molecule has 2 N–H and O–H groups in total. The van der Waals surface area contributed by atoms with Crippen molar-refractivity contribution in [2.24, 2.45) is 0 Å². The third-order valence-corrected chi connectivity index (χ3v) is 3.91. The number of hydrogen-bond acceptors (Lipinski definition) is 3. The van der Waals surface area contributed by atoms with Crippen LogP contribution >= 0.6 is 11.8 Å². The molecule has 0 spiro atoms. The molecule has 2 amide bonds. The van der Waals surface area contributed by atoms with Gasteiger partial charge in [-0.15, -0.1) is 6.58 Å². The Bertz CT molecular complexity index is 230. The van der Waals surface area contributed by atoms with Crippen molar-refractivity contribution in [3.05, 3.63) is 12.7 Å². The first-order valence-corrected chi connectivity index (χ1v) is 6.69. The molecule has 0 radical (unpaired) electrons. The summed E-state index contributed by atoms with van der Waals surface area (Å²) in [7, 11) is 0. The molecule has 1 atom stereocenters. The lowest BCUT2D eigenvalue weighted by atomic mass is 10.2. The molecule has 1 aliphatic heterocycles. The van der Waals surface area contributed by atoms with Crippen LogP contribution in [0.2, 0.25) is 0 Å². The van der Waals surface area contributed by atoms with E-state index in [2.05, 4.69) is 11.9 Å². The zero-order chi connectivity index (χ0) is 11.8. The van der Waals surface area contributed by atoms with E-state index in [0.29, 0.717) is 18.3 Å². The molecule has 92 valence electrons. The summed E-state index contributed by atoms with van der Waals surface area (Å²) in [6, 6.07) is -0.110. The van der Waals surface area contributed by atoms with E-state index in [0.717, 1.165) is 6.54 Å².